The maximum absolute atomic E-state index is 2.31. The van der Waals surface area contributed by atoms with E-state index in [-0.39, 0.29) is 26.2 Å². The molecule has 0 amide bonds. The van der Waals surface area contributed by atoms with Crippen LogP contribution in [-0.2, 0) is 26.2 Å². The topological polar surface area (TPSA) is 0 Å². The van der Waals surface area contributed by atoms with Gasteiger partial charge in [0.05, 0.1) is 0 Å². The van der Waals surface area contributed by atoms with E-state index in [0.29, 0.717) is 0 Å². The summed E-state index contributed by atoms with van der Waals surface area (Å²) in [5.41, 5.74) is 5.33. The van der Waals surface area contributed by atoms with Crippen LogP contribution in [0.1, 0.15) is 11.1 Å². The van der Waals surface area contributed by atoms with Crippen LogP contribution in [0.25, 0.3) is 32.7 Å². The van der Waals surface area contributed by atoms with E-state index in [2.05, 4.69) is 135 Å². The SMILES string of the molecule is Cc1cc2c(-c3ccccc3)cccc2[cH-]1.Cc1ccccc1Pc1cc2ccccc2[cH-]1.[Zr+2]. The van der Waals surface area contributed by atoms with Crippen LogP contribution < -0.4 is 10.6 Å². The fraction of sp³-hybridized carbons (Fsp3) is 0.0625. The minimum Gasteiger partial charge on any atom is -0.165 e. The van der Waals surface area contributed by atoms with Crippen molar-refractivity contribution in [3.8, 4) is 11.1 Å². The van der Waals surface area contributed by atoms with E-state index < -0.39 is 0 Å². The van der Waals surface area contributed by atoms with E-state index in [1.54, 1.807) is 0 Å². The Bertz CT molecular complexity index is 1470. The normalized spacial score (nSPS) is 10.9. The monoisotopic (exact) mass is 532 g/mol. The predicted octanol–water partition coefficient (Wildman–Crippen LogP) is 8.03. The first-order chi connectivity index (χ1) is 16.2. The maximum atomic E-state index is 2.31. The third-order valence-electron chi connectivity index (χ3n) is 6.02. The van der Waals surface area contributed by atoms with Gasteiger partial charge in [0, 0.05) is 0 Å². The Labute approximate surface area is 223 Å². The largest absolute Gasteiger partial charge is 2.00 e. The minimum atomic E-state index is 0. The Hall–Kier alpha value is -2.59. The molecule has 0 N–H and O–H groups in total. The summed E-state index contributed by atoms with van der Waals surface area (Å²) in [7, 11) is 0.759. The summed E-state index contributed by atoms with van der Waals surface area (Å²) in [4.78, 5) is 0. The van der Waals surface area contributed by atoms with Gasteiger partial charge >= 0.3 is 26.2 Å². The molecule has 0 radical (unpaired) electrons. The van der Waals surface area contributed by atoms with Crippen molar-refractivity contribution in [3.05, 3.63) is 132 Å². The third-order valence-corrected chi connectivity index (χ3v) is 7.43. The van der Waals surface area contributed by atoms with E-state index in [1.807, 2.05) is 0 Å². The zero-order valence-corrected chi connectivity index (χ0v) is 23.0. The summed E-state index contributed by atoms with van der Waals surface area (Å²) < 4.78 is 0. The summed E-state index contributed by atoms with van der Waals surface area (Å²) in [5.74, 6) is 0. The summed E-state index contributed by atoms with van der Waals surface area (Å²) in [6.45, 7) is 4.33. The number of aryl methyl sites for hydroxylation is 2. The first-order valence-corrected chi connectivity index (χ1v) is 12.4. The summed E-state index contributed by atoms with van der Waals surface area (Å²) in [6.07, 6.45) is 0. The van der Waals surface area contributed by atoms with Crippen molar-refractivity contribution in [2.45, 2.75) is 13.8 Å². The van der Waals surface area contributed by atoms with E-state index in [9.17, 15) is 0 Å². The molecular formula is C32H27PZr. The van der Waals surface area contributed by atoms with Gasteiger partial charge in [-0.05, 0) is 23.4 Å². The molecule has 6 aromatic carbocycles. The van der Waals surface area contributed by atoms with Crippen LogP contribution in [0.4, 0.5) is 0 Å². The molecule has 0 aliphatic carbocycles. The van der Waals surface area contributed by atoms with Gasteiger partial charge in [0.2, 0.25) is 0 Å². The fourth-order valence-electron chi connectivity index (χ4n) is 4.35. The van der Waals surface area contributed by atoms with Gasteiger partial charge in [-0.1, -0.05) is 87.8 Å². The van der Waals surface area contributed by atoms with Gasteiger partial charge in [0.1, 0.15) is 0 Å². The zero-order chi connectivity index (χ0) is 22.6. The molecule has 6 aromatic rings. The van der Waals surface area contributed by atoms with Crippen molar-refractivity contribution in [2.75, 3.05) is 0 Å². The second-order valence-corrected chi connectivity index (χ2v) is 9.89. The van der Waals surface area contributed by atoms with Gasteiger partial charge in [-0.15, -0.1) is 74.9 Å². The molecule has 0 aliphatic heterocycles. The number of fused-ring (bicyclic) bond motifs is 2. The molecule has 0 saturated heterocycles. The first-order valence-electron chi connectivity index (χ1n) is 11.4. The van der Waals surface area contributed by atoms with Crippen LogP contribution in [-0.4, -0.2) is 0 Å². The molecule has 0 fully saturated rings. The first kappa shape index (κ1) is 24.5. The Kier molecular flexibility index (Phi) is 8.10. The molecule has 0 nitrogen and oxygen atoms in total. The van der Waals surface area contributed by atoms with E-state index in [0.717, 1.165) is 8.58 Å². The quantitative estimate of drug-likeness (QED) is 0.160. The molecule has 0 saturated carbocycles. The summed E-state index contributed by atoms with van der Waals surface area (Å²) >= 11 is 0. The van der Waals surface area contributed by atoms with Gasteiger partial charge in [-0.2, -0.15) is 12.1 Å². The Balaban J connectivity index is 0.000000157. The molecule has 0 aromatic heterocycles. The van der Waals surface area contributed by atoms with Gasteiger partial charge in [0.15, 0.2) is 0 Å². The third kappa shape index (κ3) is 5.55. The number of benzene rings is 4. The summed E-state index contributed by atoms with van der Waals surface area (Å²) in [5, 5.41) is 8.26. The van der Waals surface area contributed by atoms with Crippen LogP contribution in [0.2, 0.25) is 0 Å². The number of hydrogen-bond acceptors (Lipinski definition) is 0. The molecule has 2 heteroatoms. The Morgan fingerprint density at radius 1 is 0.618 bits per heavy atom. The van der Waals surface area contributed by atoms with Crippen LogP contribution in [0.15, 0.2) is 121 Å². The standard InChI is InChI=1S/C16H14P.C16H13.Zr/c1-12-6-2-5-9-16(12)17-15-10-13-7-3-4-8-14(13)11-15;1-12-10-14-8-5-9-15(16(14)11-12)13-6-3-2-4-7-13;/h2-11,17H,1H3;2-11H,1H3;/q2*-1;+2. The molecular weight excluding hydrogens is 507 g/mol. The second kappa shape index (κ2) is 11.2. The van der Waals surface area contributed by atoms with Gasteiger partial charge in [0.25, 0.3) is 0 Å². The Morgan fingerprint density at radius 3 is 2.12 bits per heavy atom. The van der Waals surface area contributed by atoms with E-state index >= 15 is 0 Å². The smallest absolute Gasteiger partial charge is 0.165 e. The molecule has 0 aliphatic rings. The van der Waals surface area contributed by atoms with Crippen molar-refractivity contribution >= 4 is 40.7 Å². The zero-order valence-electron chi connectivity index (χ0n) is 19.5. The molecule has 6 rings (SSSR count). The van der Waals surface area contributed by atoms with E-state index in [1.165, 1.54) is 54.4 Å². The van der Waals surface area contributed by atoms with Crippen LogP contribution in [0, 0.1) is 13.8 Å². The molecule has 1 atom stereocenters. The van der Waals surface area contributed by atoms with Crippen molar-refractivity contribution in [3.63, 3.8) is 0 Å². The van der Waals surface area contributed by atoms with Gasteiger partial charge < -0.3 is 0 Å². The van der Waals surface area contributed by atoms with Crippen LogP contribution in [0.3, 0.4) is 0 Å². The van der Waals surface area contributed by atoms with Gasteiger partial charge in [-0.3, -0.25) is 0 Å². The van der Waals surface area contributed by atoms with Crippen molar-refractivity contribution < 1.29 is 26.2 Å². The Morgan fingerprint density at radius 2 is 1.32 bits per heavy atom. The van der Waals surface area contributed by atoms with Crippen molar-refractivity contribution in [1.29, 1.82) is 0 Å². The molecule has 164 valence electrons. The van der Waals surface area contributed by atoms with Gasteiger partial charge in [-0.25, -0.2) is 0 Å². The van der Waals surface area contributed by atoms with E-state index in [4.69, 9.17) is 0 Å². The fourth-order valence-corrected chi connectivity index (χ4v) is 5.57. The van der Waals surface area contributed by atoms with Crippen molar-refractivity contribution in [1.82, 2.24) is 0 Å². The predicted molar refractivity (Wildman–Crippen MR) is 148 cm³/mol. The minimum absolute atomic E-state index is 0. The molecule has 0 bridgehead atoms. The average Bonchev–Trinajstić information content (AvgIpc) is 3.43. The molecule has 34 heavy (non-hydrogen) atoms. The molecule has 0 heterocycles. The summed E-state index contributed by atoms with van der Waals surface area (Å²) in [6, 6.07) is 43.4. The van der Waals surface area contributed by atoms with Crippen LogP contribution >= 0.6 is 8.58 Å². The van der Waals surface area contributed by atoms with Crippen LogP contribution in [0.5, 0.6) is 0 Å². The second-order valence-electron chi connectivity index (χ2n) is 8.52. The molecule has 0 spiro atoms. The number of rotatable bonds is 3. The van der Waals surface area contributed by atoms with Crippen molar-refractivity contribution in [2.24, 2.45) is 0 Å². The maximum Gasteiger partial charge on any atom is 2.00 e. The number of hydrogen-bond donors (Lipinski definition) is 0. The molecule has 1 unspecified atom stereocenters. The average molecular weight is 534 g/mol.